The van der Waals surface area contributed by atoms with Crippen molar-refractivity contribution in [1.82, 2.24) is 10.2 Å². The molecule has 1 aromatic carbocycles. The highest BCUT2D eigenvalue weighted by molar-refractivity contribution is 6.30. The van der Waals surface area contributed by atoms with Crippen LogP contribution in [0.2, 0.25) is 5.02 Å². The van der Waals surface area contributed by atoms with Crippen LogP contribution in [-0.2, 0) is 0 Å². The van der Waals surface area contributed by atoms with Gasteiger partial charge in [0.2, 0.25) is 0 Å². The zero-order valence-electron chi connectivity index (χ0n) is 14.7. The van der Waals surface area contributed by atoms with E-state index in [0.29, 0.717) is 23.1 Å². The van der Waals surface area contributed by atoms with E-state index in [2.05, 4.69) is 15.5 Å². The average molecular weight is 362 g/mol. The van der Waals surface area contributed by atoms with Gasteiger partial charge in [-0.1, -0.05) is 30.9 Å². The van der Waals surface area contributed by atoms with Crippen molar-refractivity contribution in [2.75, 3.05) is 5.32 Å². The summed E-state index contributed by atoms with van der Waals surface area (Å²) in [5.41, 5.74) is 0.783. The number of benzene rings is 1. The Labute approximate surface area is 155 Å². The first-order valence-corrected chi connectivity index (χ1v) is 10.2. The van der Waals surface area contributed by atoms with Crippen LogP contribution < -0.4 is 10.6 Å². The maximum atomic E-state index is 12.4. The predicted molar refractivity (Wildman–Crippen MR) is 102 cm³/mol. The van der Waals surface area contributed by atoms with Crippen LogP contribution in [0.3, 0.4) is 0 Å². The molecular formula is C20H28ClN3O. The van der Waals surface area contributed by atoms with Crippen molar-refractivity contribution < 1.29 is 4.79 Å². The minimum absolute atomic E-state index is 0.0975. The summed E-state index contributed by atoms with van der Waals surface area (Å²) in [6, 6.07) is 9.58. The Bertz CT molecular complexity index is 585. The number of carbonyl (C=O) groups excluding carboxylic acids is 1. The summed E-state index contributed by atoms with van der Waals surface area (Å²) >= 11 is 5.89. The van der Waals surface area contributed by atoms with Gasteiger partial charge in [-0.3, -0.25) is 4.90 Å². The number of nitrogens with zero attached hydrogens (tertiary/aromatic N) is 1. The van der Waals surface area contributed by atoms with Crippen LogP contribution in [-0.4, -0.2) is 35.1 Å². The van der Waals surface area contributed by atoms with Crippen molar-refractivity contribution in [2.24, 2.45) is 0 Å². The van der Waals surface area contributed by atoms with Crippen LogP contribution in [0, 0.1) is 0 Å². The van der Waals surface area contributed by atoms with E-state index in [9.17, 15) is 4.79 Å². The van der Waals surface area contributed by atoms with Crippen molar-refractivity contribution in [1.29, 1.82) is 0 Å². The van der Waals surface area contributed by atoms with Gasteiger partial charge in [0.25, 0.3) is 0 Å². The molecule has 136 valence electrons. The number of halogens is 1. The monoisotopic (exact) mass is 361 g/mol. The number of piperidine rings is 2. The van der Waals surface area contributed by atoms with E-state index in [4.69, 9.17) is 11.6 Å². The molecule has 4 nitrogen and oxygen atoms in total. The Hall–Kier alpha value is -1.26. The molecule has 25 heavy (non-hydrogen) atoms. The maximum Gasteiger partial charge on any atom is 0.319 e. The molecule has 0 aromatic heterocycles. The highest BCUT2D eigenvalue weighted by Crippen LogP contribution is 2.39. The Morgan fingerprint density at radius 3 is 2.16 bits per heavy atom. The molecule has 2 atom stereocenters. The molecule has 1 aliphatic carbocycles. The number of hydrogen-bond donors (Lipinski definition) is 2. The van der Waals surface area contributed by atoms with Crippen LogP contribution in [0.25, 0.3) is 0 Å². The molecule has 2 aliphatic heterocycles. The smallest absolute Gasteiger partial charge is 0.319 e. The number of fused-ring (bicyclic) bond motifs is 2. The first-order chi connectivity index (χ1) is 12.2. The highest BCUT2D eigenvalue weighted by atomic mass is 35.5. The quantitative estimate of drug-likeness (QED) is 0.812. The van der Waals surface area contributed by atoms with E-state index in [1.165, 1.54) is 44.9 Å². The van der Waals surface area contributed by atoms with Gasteiger partial charge in [-0.25, -0.2) is 4.79 Å². The number of anilines is 1. The van der Waals surface area contributed by atoms with Gasteiger partial charge >= 0.3 is 6.03 Å². The largest absolute Gasteiger partial charge is 0.335 e. The summed E-state index contributed by atoms with van der Waals surface area (Å²) in [5.74, 6) is 0. The fourth-order valence-corrected chi connectivity index (χ4v) is 5.35. The molecule has 4 rings (SSSR count). The summed E-state index contributed by atoms with van der Waals surface area (Å²) in [6.45, 7) is 0. The Balaban J connectivity index is 1.34. The number of amides is 2. The van der Waals surface area contributed by atoms with Crippen molar-refractivity contribution >= 4 is 23.3 Å². The molecule has 2 saturated heterocycles. The predicted octanol–water partition coefficient (Wildman–Crippen LogP) is 4.79. The van der Waals surface area contributed by atoms with Crippen molar-refractivity contribution in [3.05, 3.63) is 29.3 Å². The van der Waals surface area contributed by atoms with Crippen molar-refractivity contribution in [2.45, 2.75) is 82.0 Å². The summed E-state index contributed by atoms with van der Waals surface area (Å²) < 4.78 is 0. The Morgan fingerprint density at radius 1 is 0.920 bits per heavy atom. The molecule has 2 heterocycles. The Morgan fingerprint density at radius 2 is 1.52 bits per heavy atom. The molecular weight excluding hydrogens is 334 g/mol. The van der Waals surface area contributed by atoms with E-state index in [0.717, 1.165) is 24.6 Å². The molecule has 3 fully saturated rings. The van der Waals surface area contributed by atoms with Gasteiger partial charge in [-0.05, 0) is 62.8 Å². The lowest BCUT2D eigenvalue weighted by Gasteiger charge is -2.51. The number of nitrogens with one attached hydrogen (secondary N) is 2. The summed E-state index contributed by atoms with van der Waals surface area (Å²) in [7, 11) is 0. The number of hydrogen-bond acceptors (Lipinski definition) is 2. The lowest BCUT2D eigenvalue weighted by molar-refractivity contribution is -0.00680. The van der Waals surface area contributed by atoms with Crippen molar-refractivity contribution in [3.63, 3.8) is 0 Å². The lowest BCUT2D eigenvalue weighted by Crippen LogP contribution is -2.59. The molecule has 0 radical (unpaired) electrons. The molecule has 5 heteroatoms. The molecule has 2 amide bonds. The van der Waals surface area contributed by atoms with Crippen LogP contribution >= 0.6 is 11.6 Å². The fourth-order valence-electron chi connectivity index (χ4n) is 5.22. The summed E-state index contributed by atoms with van der Waals surface area (Å²) in [6.07, 6.45) is 11.7. The second-order valence-electron chi connectivity index (χ2n) is 7.90. The van der Waals surface area contributed by atoms with Gasteiger partial charge < -0.3 is 10.6 Å². The van der Waals surface area contributed by atoms with E-state index in [1.807, 2.05) is 12.1 Å². The normalized spacial score (nSPS) is 30.2. The molecule has 0 spiro atoms. The molecule has 2 unspecified atom stereocenters. The third-order valence-electron chi connectivity index (χ3n) is 6.21. The van der Waals surface area contributed by atoms with Gasteiger partial charge in [0.15, 0.2) is 0 Å². The number of urea groups is 1. The average Bonchev–Trinajstić information content (AvgIpc) is 3.10. The summed E-state index contributed by atoms with van der Waals surface area (Å²) in [5, 5.41) is 6.82. The van der Waals surface area contributed by atoms with E-state index < -0.39 is 0 Å². The van der Waals surface area contributed by atoms with Crippen molar-refractivity contribution in [3.8, 4) is 0 Å². The minimum Gasteiger partial charge on any atom is -0.335 e. The molecule has 2 bridgehead atoms. The molecule has 1 saturated carbocycles. The lowest BCUT2D eigenvalue weighted by atomic mass is 9.80. The van der Waals surface area contributed by atoms with Crippen LogP contribution in [0.5, 0.6) is 0 Å². The zero-order valence-corrected chi connectivity index (χ0v) is 15.5. The van der Waals surface area contributed by atoms with Gasteiger partial charge in [0.1, 0.15) is 0 Å². The second-order valence-corrected chi connectivity index (χ2v) is 8.33. The topological polar surface area (TPSA) is 44.4 Å². The Kier molecular flexibility index (Phi) is 5.18. The van der Waals surface area contributed by atoms with Crippen LogP contribution in [0.15, 0.2) is 24.3 Å². The maximum absolute atomic E-state index is 12.4. The van der Waals surface area contributed by atoms with E-state index in [1.54, 1.807) is 12.1 Å². The zero-order chi connectivity index (χ0) is 17.2. The highest BCUT2D eigenvalue weighted by Gasteiger charge is 2.42. The second kappa shape index (κ2) is 7.55. The first kappa shape index (κ1) is 17.2. The number of rotatable bonds is 3. The van der Waals surface area contributed by atoms with Gasteiger partial charge in [0.05, 0.1) is 0 Å². The molecule has 1 aromatic rings. The summed E-state index contributed by atoms with van der Waals surface area (Å²) in [4.78, 5) is 15.2. The molecule has 3 aliphatic rings. The SMILES string of the molecule is O=C(Nc1ccc(Cl)cc1)NC1CC2CCCC(C1)N2C1CCCC1. The van der Waals surface area contributed by atoms with Gasteiger partial charge in [-0.15, -0.1) is 0 Å². The standard InChI is InChI=1S/C20H28ClN3O/c21-14-8-10-15(11-9-14)22-20(25)23-16-12-18-6-3-7-19(13-16)24(18)17-4-1-2-5-17/h8-11,16-19H,1-7,12-13H2,(H2,22,23,25). The fraction of sp³-hybridized carbons (Fsp3) is 0.650. The molecule has 2 N–H and O–H groups in total. The van der Waals surface area contributed by atoms with E-state index in [-0.39, 0.29) is 6.03 Å². The first-order valence-electron chi connectivity index (χ1n) is 9.79. The van der Waals surface area contributed by atoms with Crippen LogP contribution in [0.4, 0.5) is 10.5 Å². The van der Waals surface area contributed by atoms with Gasteiger partial charge in [0, 0.05) is 34.9 Å². The third-order valence-corrected chi connectivity index (χ3v) is 6.47. The third kappa shape index (κ3) is 3.95. The number of carbonyl (C=O) groups is 1. The minimum atomic E-state index is -0.0975. The van der Waals surface area contributed by atoms with Crippen LogP contribution in [0.1, 0.15) is 57.8 Å². The van der Waals surface area contributed by atoms with Gasteiger partial charge in [-0.2, -0.15) is 0 Å². The van der Waals surface area contributed by atoms with E-state index >= 15 is 0 Å².